The Morgan fingerprint density at radius 1 is 1.50 bits per heavy atom. The Morgan fingerprint density at radius 3 is 2.30 bits per heavy atom. The molecule has 1 fully saturated rings. The third-order valence-corrected chi connectivity index (χ3v) is 1.95. The standard InChI is InChI=1S/C7H10F2O/c1-6(2-3-10)4-7(8,9)5-6/h3H,2,4-5H2,1H3. The molecule has 0 spiro atoms. The molecule has 0 aromatic heterocycles. The van der Waals surface area contributed by atoms with Crippen molar-refractivity contribution in [2.75, 3.05) is 0 Å². The van der Waals surface area contributed by atoms with Crippen molar-refractivity contribution in [3.05, 3.63) is 0 Å². The lowest BCUT2D eigenvalue weighted by atomic mass is 9.66. The normalized spacial score (nSPS) is 27.1. The van der Waals surface area contributed by atoms with E-state index in [0.717, 1.165) is 6.29 Å². The molecule has 0 atom stereocenters. The van der Waals surface area contributed by atoms with E-state index in [1.807, 2.05) is 0 Å². The minimum atomic E-state index is -2.50. The SMILES string of the molecule is CC1(CC=O)CC(F)(F)C1. The Balaban J connectivity index is 2.41. The van der Waals surface area contributed by atoms with E-state index in [4.69, 9.17) is 0 Å². The first-order valence-electron chi connectivity index (χ1n) is 3.29. The molecule has 3 heteroatoms. The van der Waals surface area contributed by atoms with Crippen molar-refractivity contribution in [3.63, 3.8) is 0 Å². The van der Waals surface area contributed by atoms with Crippen molar-refractivity contribution < 1.29 is 13.6 Å². The van der Waals surface area contributed by atoms with E-state index in [1.54, 1.807) is 6.92 Å². The van der Waals surface area contributed by atoms with Gasteiger partial charge in [0, 0.05) is 19.3 Å². The molecule has 0 heterocycles. The highest BCUT2D eigenvalue weighted by atomic mass is 19.3. The topological polar surface area (TPSA) is 17.1 Å². The van der Waals surface area contributed by atoms with E-state index >= 15 is 0 Å². The molecule has 0 aliphatic heterocycles. The van der Waals surface area contributed by atoms with Gasteiger partial charge in [0.15, 0.2) is 0 Å². The number of rotatable bonds is 2. The largest absolute Gasteiger partial charge is 0.303 e. The van der Waals surface area contributed by atoms with Crippen LogP contribution in [0.15, 0.2) is 0 Å². The van der Waals surface area contributed by atoms with Gasteiger partial charge in [0.2, 0.25) is 5.92 Å². The Hall–Kier alpha value is -0.470. The number of alkyl halides is 2. The van der Waals surface area contributed by atoms with Gasteiger partial charge in [-0.05, 0) is 5.41 Å². The molecular weight excluding hydrogens is 138 g/mol. The fourth-order valence-corrected chi connectivity index (χ4v) is 1.54. The van der Waals surface area contributed by atoms with Crippen molar-refractivity contribution in [3.8, 4) is 0 Å². The summed E-state index contributed by atoms with van der Waals surface area (Å²) in [6.45, 7) is 1.72. The summed E-state index contributed by atoms with van der Waals surface area (Å²) >= 11 is 0. The molecule has 10 heavy (non-hydrogen) atoms. The van der Waals surface area contributed by atoms with Crippen LogP contribution in [0.5, 0.6) is 0 Å². The predicted octanol–water partition coefficient (Wildman–Crippen LogP) is 2.01. The zero-order valence-electron chi connectivity index (χ0n) is 5.86. The van der Waals surface area contributed by atoms with Gasteiger partial charge < -0.3 is 4.79 Å². The number of hydrogen-bond acceptors (Lipinski definition) is 1. The van der Waals surface area contributed by atoms with Gasteiger partial charge in [-0.1, -0.05) is 6.92 Å². The maximum Gasteiger partial charge on any atom is 0.249 e. The smallest absolute Gasteiger partial charge is 0.249 e. The van der Waals surface area contributed by atoms with Gasteiger partial charge in [-0.15, -0.1) is 0 Å². The number of carbonyl (C=O) groups excluding carboxylic acids is 1. The van der Waals surface area contributed by atoms with E-state index in [-0.39, 0.29) is 19.3 Å². The van der Waals surface area contributed by atoms with Gasteiger partial charge in [-0.25, -0.2) is 8.78 Å². The second-order valence-electron chi connectivity index (χ2n) is 3.39. The summed E-state index contributed by atoms with van der Waals surface area (Å²) in [7, 11) is 0. The Kier molecular flexibility index (Phi) is 1.53. The van der Waals surface area contributed by atoms with Crippen molar-refractivity contribution in [1.82, 2.24) is 0 Å². The zero-order chi connectivity index (χ0) is 7.83. The fraction of sp³-hybridized carbons (Fsp3) is 0.857. The van der Waals surface area contributed by atoms with Gasteiger partial charge in [0.05, 0.1) is 0 Å². The van der Waals surface area contributed by atoms with Crippen LogP contribution in [0.4, 0.5) is 8.78 Å². The highest BCUT2D eigenvalue weighted by Gasteiger charge is 2.52. The Bertz CT molecular complexity index is 146. The van der Waals surface area contributed by atoms with Crippen LogP contribution >= 0.6 is 0 Å². The fourth-order valence-electron chi connectivity index (χ4n) is 1.54. The van der Waals surface area contributed by atoms with Gasteiger partial charge in [-0.3, -0.25) is 0 Å². The van der Waals surface area contributed by atoms with Gasteiger partial charge in [-0.2, -0.15) is 0 Å². The molecule has 0 aromatic carbocycles. The predicted molar refractivity (Wildman–Crippen MR) is 33.0 cm³/mol. The summed E-state index contributed by atoms with van der Waals surface area (Å²) in [6, 6.07) is 0. The summed E-state index contributed by atoms with van der Waals surface area (Å²) in [6.07, 6.45) is 0.731. The van der Waals surface area contributed by atoms with Crippen molar-refractivity contribution >= 4 is 6.29 Å². The maximum atomic E-state index is 12.2. The van der Waals surface area contributed by atoms with E-state index in [0.29, 0.717) is 0 Å². The first-order valence-corrected chi connectivity index (χ1v) is 3.29. The van der Waals surface area contributed by atoms with Crippen LogP contribution in [0.25, 0.3) is 0 Å². The second kappa shape index (κ2) is 2.01. The van der Waals surface area contributed by atoms with E-state index in [9.17, 15) is 13.6 Å². The van der Waals surface area contributed by atoms with Gasteiger partial charge in [0.25, 0.3) is 0 Å². The third kappa shape index (κ3) is 1.33. The Morgan fingerprint density at radius 2 is 2.00 bits per heavy atom. The minimum Gasteiger partial charge on any atom is -0.303 e. The molecule has 1 rings (SSSR count). The summed E-state index contributed by atoms with van der Waals surface area (Å²) in [4.78, 5) is 9.98. The van der Waals surface area contributed by atoms with Crippen molar-refractivity contribution in [2.45, 2.75) is 32.1 Å². The van der Waals surface area contributed by atoms with E-state index in [2.05, 4.69) is 0 Å². The number of carbonyl (C=O) groups is 1. The van der Waals surface area contributed by atoms with Crippen molar-refractivity contribution in [1.29, 1.82) is 0 Å². The molecule has 1 aliphatic carbocycles. The Labute approximate surface area is 58.4 Å². The first kappa shape index (κ1) is 7.63. The molecule has 1 nitrogen and oxygen atoms in total. The van der Waals surface area contributed by atoms with Crippen LogP contribution < -0.4 is 0 Å². The molecule has 0 N–H and O–H groups in total. The van der Waals surface area contributed by atoms with Crippen LogP contribution in [-0.4, -0.2) is 12.2 Å². The van der Waals surface area contributed by atoms with Crippen LogP contribution in [-0.2, 0) is 4.79 Å². The number of halogens is 2. The van der Waals surface area contributed by atoms with Gasteiger partial charge in [0.1, 0.15) is 6.29 Å². The lowest BCUT2D eigenvalue weighted by Gasteiger charge is -2.43. The summed E-state index contributed by atoms with van der Waals surface area (Å²) < 4.78 is 24.5. The monoisotopic (exact) mass is 148 g/mol. The van der Waals surface area contributed by atoms with Crippen LogP contribution in [0, 0.1) is 5.41 Å². The second-order valence-corrected chi connectivity index (χ2v) is 3.39. The molecule has 0 bridgehead atoms. The molecule has 0 aromatic rings. The maximum absolute atomic E-state index is 12.2. The minimum absolute atomic E-state index is 0.126. The molecule has 58 valence electrons. The lowest BCUT2D eigenvalue weighted by molar-refractivity contribution is -0.157. The van der Waals surface area contributed by atoms with E-state index in [1.165, 1.54) is 0 Å². The molecule has 0 unspecified atom stereocenters. The average molecular weight is 148 g/mol. The van der Waals surface area contributed by atoms with Crippen LogP contribution in [0.1, 0.15) is 26.2 Å². The van der Waals surface area contributed by atoms with Crippen LogP contribution in [0.3, 0.4) is 0 Å². The van der Waals surface area contributed by atoms with Crippen molar-refractivity contribution in [2.24, 2.45) is 5.41 Å². The first-order chi connectivity index (χ1) is 4.47. The number of hydrogen-bond donors (Lipinski definition) is 0. The lowest BCUT2D eigenvalue weighted by Crippen LogP contribution is -2.44. The summed E-state index contributed by atoms with van der Waals surface area (Å²) in [5.74, 6) is -2.50. The zero-order valence-corrected chi connectivity index (χ0v) is 5.86. The number of aldehydes is 1. The molecule has 0 radical (unpaired) electrons. The summed E-state index contributed by atoms with van der Waals surface area (Å²) in [5, 5.41) is 0. The quantitative estimate of drug-likeness (QED) is 0.547. The summed E-state index contributed by atoms with van der Waals surface area (Å²) in [5.41, 5.74) is -0.411. The average Bonchev–Trinajstić information content (AvgIpc) is 1.58. The molecule has 1 saturated carbocycles. The molecule has 0 saturated heterocycles. The molecular formula is C7H10F2O. The van der Waals surface area contributed by atoms with E-state index < -0.39 is 11.3 Å². The third-order valence-electron chi connectivity index (χ3n) is 1.95. The van der Waals surface area contributed by atoms with Crippen LogP contribution in [0.2, 0.25) is 0 Å². The highest BCUT2D eigenvalue weighted by Crippen LogP contribution is 2.53. The van der Waals surface area contributed by atoms with Gasteiger partial charge >= 0.3 is 0 Å². The molecule has 0 amide bonds. The molecule has 1 aliphatic rings. The highest BCUT2D eigenvalue weighted by molar-refractivity contribution is 5.51.